The Labute approximate surface area is 91.2 Å². The molecule has 1 aromatic heterocycles. The summed E-state index contributed by atoms with van der Waals surface area (Å²) >= 11 is 3.63. The predicted molar refractivity (Wildman–Crippen MR) is 50.3 cm³/mol. The third-order valence-corrected chi connectivity index (χ3v) is 2.90. The maximum Gasteiger partial charge on any atom is 0.393 e. The summed E-state index contributed by atoms with van der Waals surface area (Å²) in [6.45, 7) is 1.38. The lowest BCUT2D eigenvalue weighted by Crippen LogP contribution is -2.28. The molecule has 0 saturated heterocycles. The summed E-state index contributed by atoms with van der Waals surface area (Å²) in [4.78, 5) is 14.3. The van der Waals surface area contributed by atoms with E-state index < -0.39 is 16.9 Å². The van der Waals surface area contributed by atoms with Crippen LogP contribution in [0.5, 0.6) is 0 Å². The van der Waals surface area contributed by atoms with E-state index in [0.29, 0.717) is 11.3 Å². The van der Waals surface area contributed by atoms with Crippen LogP contribution in [-0.2, 0) is 15.5 Å². The summed E-state index contributed by atoms with van der Waals surface area (Å²) in [6, 6.07) is 0. The van der Waals surface area contributed by atoms with Crippen molar-refractivity contribution in [3.63, 3.8) is 0 Å². The first-order valence-corrected chi connectivity index (χ1v) is 5.32. The highest BCUT2D eigenvalue weighted by atomic mass is 79.9. The molecule has 0 atom stereocenters. The van der Waals surface area contributed by atoms with Crippen molar-refractivity contribution in [2.75, 3.05) is 6.61 Å². The van der Waals surface area contributed by atoms with E-state index in [1.54, 1.807) is 0 Å². The Morgan fingerprint density at radius 1 is 1.79 bits per heavy atom. The average molecular weight is 286 g/mol. The average Bonchev–Trinajstić information content (AvgIpc) is 2.52. The van der Waals surface area contributed by atoms with Gasteiger partial charge in [-0.3, -0.25) is 0 Å². The first-order chi connectivity index (χ1) is 6.48. The fraction of sp³-hybridized carbons (Fsp3) is 0.429. The van der Waals surface area contributed by atoms with Gasteiger partial charge in [-0.15, -0.1) is 11.3 Å². The predicted octanol–water partition coefficient (Wildman–Crippen LogP) is 2.56. The highest BCUT2D eigenvalue weighted by Crippen LogP contribution is 2.32. The molecular weight excluding hydrogens is 280 g/mol. The summed E-state index contributed by atoms with van der Waals surface area (Å²) in [6.07, 6.45) is 0. The van der Waals surface area contributed by atoms with Gasteiger partial charge in [0, 0.05) is 5.38 Å². The molecule has 0 fully saturated rings. The summed E-state index contributed by atoms with van der Waals surface area (Å²) in [5, 5.41) is 0.811. The van der Waals surface area contributed by atoms with Crippen LogP contribution in [0.1, 0.15) is 11.9 Å². The minimum absolute atomic E-state index is 0.0824. The third kappa shape index (κ3) is 2.27. The van der Waals surface area contributed by atoms with Crippen LogP contribution in [0.25, 0.3) is 0 Å². The molecule has 1 aromatic rings. The lowest BCUT2D eigenvalue weighted by Gasteiger charge is -2.10. The van der Waals surface area contributed by atoms with Crippen LogP contribution in [0.2, 0.25) is 0 Å². The fourth-order valence-electron chi connectivity index (χ4n) is 0.707. The number of thiazole rings is 1. The molecule has 0 amide bonds. The molecule has 1 heterocycles. The van der Waals surface area contributed by atoms with Gasteiger partial charge in [0.15, 0.2) is 5.01 Å². The molecule has 0 bridgehead atoms. The Bertz CT molecular complexity index is 342. The van der Waals surface area contributed by atoms with Crippen LogP contribution in [0.15, 0.2) is 9.98 Å². The van der Waals surface area contributed by atoms with Crippen molar-refractivity contribution in [2.24, 2.45) is 0 Å². The Balaban J connectivity index is 2.89. The molecule has 1 rings (SSSR count). The van der Waals surface area contributed by atoms with Crippen molar-refractivity contribution < 1.29 is 18.3 Å². The standard InChI is InChI=1S/C7H6BrF2NO2S/c1-2-13-6(12)7(9,10)5-11-4(8)3-14-5/h3H,2H2,1H3. The lowest BCUT2D eigenvalue weighted by atomic mass is 10.3. The van der Waals surface area contributed by atoms with E-state index in [2.05, 4.69) is 25.7 Å². The largest absolute Gasteiger partial charge is 0.461 e. The van der Waals surface area contributed by atoms with Crippen molar-refractivity contribution in [2.45, 2.75) is 12.8 Å². The van der Waals surface area contributed by atoms with Gasteiger partial charge in [0.25, 0.3) is 0 Å². The molecule has 0 aromatic carbocycles. The summed E-state index contributed by atoms with van der Waals surface area (Å²) in [5.41, 5.74) is 0. The summed E-state index contributed by atoms with van der Waals surface area (Å²) in [5.74, 6) is -5.23. The molecule has 0 aliphatic rings. The van der Waals surface area contributed by atoms with Gasteiger partial charge in [0.05, 0.1) is 6.61 Å². The van der Waals surface area contributed by atoms with Crippen LogP contribution in [-0.4, -0.2) is 17.6 Å². The number of ether oxygens (including phenoxy) is 1. The number of rotatable bonds is 3. The first-order valence-electron chi connectivity index (χ1n) is 3.65. The SMILES string of the molecule is CCOC(=O)C(F)(F)c1nc(Br)cs1. The molecule has 0 unspecified atom stereocenters. The fourth-order valence-corrected chi connectivity index (χ4v) is 1.93. The normalized spacial score (nSPS) is 11.4. The number of nitrogens with zero attached hydrogens (tertiary/aromatic N) is 1. The second-order valence-electron chi connectivity index (χ2n) is 2.27. The number of hydrogen-bond donors (Lipinski definition) is 0. The van der Waals surface area contributed by atoms with E-state index in [9.17, 15) is 13.6 Å². The molecule has 0 aliphatic heterocycles. The Hall–Kier alpha value is -0.560. The number of alkyl halides is 2. The number of hydrogen-bond acceptors (Lipinski definition) is 4. The summed E-state index contributed by atoms with van der Waals surface area (Å²) in [7, 11) is 0. The molecule has 14 heavy (non-hydrogen) atoms. The Morgan fingerprint density at radius 2 is 2.43 bits per heavy atom. The van der Waals surface area contributed by atoms with Crippen LogP contribution >= 0.6 is 27.3 Å². The molecular formula is C7H6BrF2NO2S. The van der Waals surface area contributed by atoms with Crippen LogP contribution in [0.3, 0.4) is 0 Å². The molecule has 0 radical (unpaired) electrons. The zero-order valence-electron chi connectivity index (χ0n) is 7.09. The van der Waals surface area contributed by atoms with Gasteiger partial charge in [-0.05, 0) is 22.9 Å². The van der Waals surface area contributed by atoms with Gasteiger partial charge < -0.3 is 4.74 Å². The zero-order chi connectivity index (χ0) is 10.8. The lowest BCUT2D eigenvalue weighted by molar-refractivity contribution is -0.173. The van der Waals surface area contributed by atoms with E-state index in [-0.39, 0.29) is 11.2 Å². The van der Waals surface area contributed by atoms with Gasteiger partial charge in [-0.1, -0.05) is 0 Å². The van der Waals surface area contributed by atoms with Crippen molar-refractivity contribution in [3.8, 4) is 0 Å². The maximum absolute atomic E-state index is 13.2. The maximum atomic E-state index is 13.2. The van der Waals surface area contributed by atoms with E-state index >= 15 is 0 Å². The van der Waals surface area contributed by atoms with Crippen LogP contribution < -0.4 is 0 Å². The highest BCUT2D eigenvalue weighted by Gasteiger charge is 2.45. The quantitative estimate of drug-likeness (QED) is 0.802. The number of esters is 1. The minimum Gasteiger partial charge on any atom is -0.461 e. The van der Waals surface area contributed by atoms with Crippen molar-refractivity contribution in [1.82, 2.24) is 4.98 Å². The van der Waals surface area contributed by atoms with Gasteiger partial charge in [0.1, 0.15) is 4.60 Å². The molecule has 0 N–H and O–H groups in total. The van der Waals surface area contributed by atoms with Crippen molar-refractivity contribution in [1.29, 1.82) is 0 Å². The minimum atomic E-state index is -3.66. The third-order valence-electron chi connectivity index (χ3n) is 1.28. The molecule has 3 nitrogen and oxygen atoms in total. The second-order valence-corrected chi connectivity index (χ2v) is 3.94. The molecule has 0 saturated carbocycles. The Kier molecular flexibility index (Phi) is 3.54. The highest BCUT2D eigenvalue weighted by molar-refractivity contribution is 9.10. The number of carbonyl (C=O) groups excluding carboxylic acids is 1. The smallest absolute Gasteiger partial charge is 0.393 e. The van der Waals surface area contributed by atoms with Gasteiger partial charge in [0.2, 0.25) is 0 Å². The first kappa shape index (κ1) is 11.5. The monoisotopic (exact) mass is 285 g/mol. The van der Waals surface area contributed by atoms with Crippen molar-refractivity contribution >= 4 is 33.2 Å². The molecule has 0 spiro atoms. The number of carbonyl (C=O) groups is 1. The zero-order valence-corrected chi connectivity index (χ0v) is 9.49. The van der Waals surface area contributed by atoms with E-state index in [0.717, 1.165) is 0 Å². The molecule has 78 valence electrons. The number of aromatic nitrogens is 1. The van der Waals surface area contributed by atoms with E-state index in [4.69, 9.17) is 0 Å². The van der Waals surface area contributed by atoms with Gasteiger partial charge in [-0.2, -0.15) is 8.78 Å². The second kappa shape index (κ2) is 4.31. The van der Waals surface area contributed by atoms with Crippen LogP contribution in [0, 0.1) is 0 Å². The van der Waals surface area contributed by atoms with Gasteiger partial charge in [-0.25, -0.2) is 9.78 Å². The summed E-state index contributed by atoms with van der Waals surface area (Å²) < 4.78 is 30.9. The topological polar surface area (TPSA) is 39.2 Å². The Morgan fingerprint density at radius 3 is 2.86 bits per heavy atom. The van der Waals surface area contributed by atoms with E-state index in [1.807, 2.05) is 0 Å². The van der Waals surface area contributed by atoms with E-state index in [1.165, 1.54) is 12.3 Å². The van der Waals surface area contributed by atoms with Gasteiger partial charge >= 0.3 is 11.9 Å². The van der Waals surface area contributed by atoms with Crippen molar-refractivity contribution in [3.05, 3.63) is 15.0 Å². The number of halogens is 3. The molecule has 7 heteroatoms. The van der Waals surface area contributed by atoms with Crippen LogP contribution in [0.4, 0.5) is 8.78 Å². The molecule has 0 aliphatic carbocycles.